The topological polar surface area (TPSA) is 92.7 Å². The Morgan fingerprint density at radius 2 is 1.96 bits per heavy atom. The second kappa shape index (κ2) is 8.53. The number of aryl methyl sites for hydroxylation is 1. The van der Waals surface area contributed by atoms with Crippen molar-refractivity contribution in [3.8, 4) is 0 Å². The van der Waals surface area contributed by atoms with Crippen LogP contribution in [0, 0.1) is 17.0 Å². The third-order valence-electron chi connectivity index (χ3n) is 4.45. The van der Waals surface area contributed by atoms with Crippen LogP contribution in [0.15, 0.2) is 39.8 Å². The molecule has 0 spiro atoms. The molecule has 1 saturated heterocycles. The fraction of sp³-hybridized carbons (Fsp3) is 0.444. The zero-order valence-electron chi connectivity index (χ0n) is 15.3. The van der Waals surface area contributed by atoms with E-state index in [2.05, 4.69) is 10.1 Å². The zero-order chi connectivity index (χ0) is 19.4. The first-order valence-electron chi connectivity index (χ1n) is 8.77. The maximum atomic E-state index is 12.7. The Morgan fingerprint density at radius 3 is 2.52 bits per heavy atom. The van der Waals surface area contributed by atoms with Gasteiger partial charge in [0, 0.05) is 49.3 Å². The number of amides is 1. The molecule has 144 valence electrons. The molecule has 1 atom stereocenters. The van der Waals surface area contributed by atoms with Crippen LogP contribution in [0.5, 0.6) is 0 Å². The fourth-order valence-electron chi connectivity index (χ4n) is 3.00. The van der Waals surface area contributed by atoms with Crippen molar-refractivity contribution in [3.63, 3.8) is 0 Å². The largest absolute Gasteiger partial charge is 0.360 e. The number of carbonyl (C=O) groups is 1. The van der Waals surface area contributed by atoms with Gasteiger partial charge in [0.2, 0.25) is 5.91 Å². The van der Waals surface area contributed by atoms with E-state index in [9.17, 15) is 14.9 Å². The van der Waals surface area contributed by atoms with Crippen molar-refractivity contribution < 1.29 is 14.2 Å². The monoisotopic (exact) mass is 390 g/mol. The minimum atomic E-state index is -0.428. The van der Waals surface area contributed by atoms with Gasteiger partial charge in [-0.2, -0.15) is 0 Å². The predicted octanol–water partition coefficient (Wildman–Crippen LogP) is 2.72. The lowest BCUT2D eigenvalue weighted by Crippen LogP contribution is -2.50. The summed E-state index contributed by atoms with van der Waals surface area (Å²) < 4.78 is 5.25. The summed E-state index contributed by atoms with van der Waals surface area (Å²) in [7, 11) is 0. The van der Waals surface area contributed by atoms with Gasteiger partial charge in [-0.05, 0) is 26.0 Å². The first-order chi connectivity index (χ1) is 12.9. The number of hydrogen-bond acceptors (Lipinski definition) is 7. The van der Waals surface area contributed by atoms with E-state index in [0.29, 0.717) is 19.6 Å². The minimum Gasteiger partial charge on any atom is -0.360 e. The molecule has 0 N–H and O–H groups in total. The minimum absolute atomic E-state index is 0.0522. The summed E-state index contributed by atoms with van der Waals surface area (Å²) in [5, 5.41) is 14.4. The molecule has 2 aromatic rings. The smallest absolute Gasteiger partial charge is 0.269 e. The van der Waals surface area contributed by atoms with Crippen LogP contribution in [0.1, 0.15) is 18.4 Å². The number of hydrogen-bond donors (Lipinski definition) is 0. The van der Waals surface area contributed by atoms with Crippen molar-refractivity contribution in [2.24, 2.45) is 0 Å². The van der Waals surface area contributed by atoms with Crippen LogP contribution in [0.2, 0.25) is 0 Å². The number of nitro benzene ring substituents is 1. The Bertz CT molecular complexity index is 800. The molecule has 1 unspecified atom stereocenters. The summed E-state index contributed by atoms with van der Waals surface area (Å²) >= 11 is 1.42. The summed E-state index contributed by atoms with van der Waals surface area (Å²) in [4.78, 5) is 28.0. The third kappa shape index (κ3) is 5.08. The summed E-state index contributed by atoms with van der Waals surface area (Å²) in [6.45, 7) is 7.41. The van der Waals surface area contributed by atoms with Gasteiger partial charge in [0.1, 0.15) is 0 Å². The van der Waals surface area contributed by atoms with Gasteiger partial charge in [0.25, 0.3) is 5.69 Å². The van der Waals surface area contributed by atoms with Gasteiger partial charge >= 0.3 is 0 Å². The van der Waals surface area contributed by atoms with E-state index in [1.165, 1.54) is 23.9 Å². The van der Waals surface area contributed by atoms with Crippen molar-refractivity contribution in [3.05, 3.63) is 51.9 Å². The number of non-ortho nitro benzene ring substituents is 1. The Hall–Kier alpha value is -2.39. The Labute approximate surface area is 161 Å². The number of thioether (sulfide) groups is 1. The molecule has 0 saturated carbocycles. The molecule has 1 amide bonds. The van der Waals surface area contributed by atoms with Crippen LogP contribution in [0.25, 0.3) is 0 Å². The highest BCUT2D eigenvalue weighted by atomic mass is 32.2. The maximum absolute atomic E-state index is 12.7. The van der Waals surface area contributed by atoms with E-state index >= 15 is 0 Å². The van der Waals surface area contributed by atoms with Crippen molar-refractivity contribution in [1.29, 1.82) is 0 Å². The Balaban J connectivity index is 1.48. The summed E-state index contributed by atoms with van der Waals surface area (Å²) in [6, 6.07) is 8.22. The van der Waals surface area contributed by atoms with E-state index in [4.69, 9.17) is 4.52 Å². The van der Waals surface area contributed by atoms with Crippen molar-refractivity contribution in [2.75, 3.05) is 26.2 Å². The molecular formula is C18H22N4O4S. The van der Waals surface area contributed by atoms with Crippen molar-refractivity contribution in [1.82, 2.24) is 15.0 Å². The predicted molar refractivity (Wildman–Crippen MR) is 102 cm³/mol. The van der Waals surface area contributed by atoms with E-state index in [1.807, 2.05) is 24.8 Å². The molecule has 0 aliphatic carbocycles. The second-order valence-corrected chi connectivity index (χ2v) is 7.96. The maximum Gasteiger partial charge on any atom is 0.269 e. The van der Waals surface area contributed by atoms with Crippen molar-refractivity contribution >= 4 is 23.4 Å². The Morgan fingerprint density at radius 1 is 1.30 bits per heavy atom. The molecule has 1 aromatic carbocycles. The van der Waals surface area contributed by atoms with Crippen LogP contribution >= 0.6 is 11.8 Å². The second-order valence-electron chi connectivity index (χ2n) is 6.55. The molecule has 1 aliphatic heterocycles. The zero-order valence-corrected chi connectivity index (χ0v) is 16.1. The summed E-state index contributed by atoms with van der Waals surface area (Å²) in [5.41, 5.74) is 0.923. The van der Waals surface area contributed by atoms with E-state index in [0.717, 1.165) is 29.4 Å². The lowest BCUT2D eigenvalue weighted by molar-refractivity contribution is -0.384. The van der Waals surface area contributed by atoms with E-state index in [-0.39, 0.29) is 16.8 Å². The molecule has 9 heteroatoms. The number of aromatic nitrogens is 1. The normalized spacial score (nSPS) is 16.3. The number of nitro groups is 1. The molecule has 1 fully saturated rings. The first-order valence-corrected chi connectivity index (χ1v) is 9.65. The molecule has 8 nitrogen and oxygen atoms in total. The average molecular weight is 390 g/mol. The van der Waals surface area contributed by atoms with Gasteiger partial charge in [0.05, 0.1) is 22.4 Å². The SMILES string of the molecule is Cc1cc(CN2CCN(C(=O)C(C)Sc3ccc([N+](=O)[O-])cc3)CC2)on1. The molecule has 0 radical (unpaired) electrons. The van der Waals surface area contributed by atoms with Gasteiger partial charge in [-0.25, -0.2) is 0 Å². The number of piperazine rings is 1. The van der Waals surface area contributed by atoms with Crippen LogP contribution in [0.4, 0.5) is 5.69 Å². The first kappa shape index (κ1) is 19.4. The van der Waals surface area contributed by atoms with Crippen LogP contribution in [-0.2, 0) is 11.3 Å². The van der Waals surface area contributed by atoms with E-state index in [1.54, 1.807) is 12.1 Å². The van der Waals surface area contributed by atoms with Crippen LogP contribution < -0.4 is 0 Å². The molecule has 0 bridgehead atoms. The van der Waals surface area contributed by atoms with Gasteiger partial charge in [-0.3, -0.25) is 19.8 Å². The third-order valence-corrected chi connectivity index (χ3v) is 5.55. The highest BCUT2D eigenvalue weighted by Crippen LogP contribution is 2.26. The van der Waals surface area contributed by atoms with Gasteiger partial charge in [-0.15, -0.1) is 11.8 Å². The number of nitrogens with zero attached hydrogens (tertiary/aromatic N) is 4. The van der Waals surface area contributed by atoms with Crippen molar-refractivity contribution in [2.45, 2.75) is 30.5 Å². The highest BCUT2D eigenvalue weighted by Gasteiger charge is 2.26. The molecule has 1 aromatic heterocycles. The molecule has 2 heterocycles. The molecule has 1 aliphatic rings. The lowest BCUT2D eigenvalue weighted by atomic mass is 10.2. The fourth-order valence-corrected chi connectivity index (χ4v) is 3.95. The molecule has 27 heavy (non-hydrogen) atoms. The number of benzene rings is 1. The van der Waals surface area contributed by atoms with Gasteiger partial charge in [0.15, 0.2) is 5.76 Å². The van der Waals surface area contributed by atoms with Gasteiger partial charge in [-0.1, -0.05) is 5.16 Å². The highest BCUT2D eigenvalue weighted by molar-refractivity contribution is 8.00. The van der Waals surface area contributed by atoms with Crippen LogP contribution in [-0.4, -0.2) is 57.2 Å². The van der Waals surface area contributed by atoms with Crippen LogP contribution in [0.3, 0.4) is 0 Å². The molecule has 3 rings (SSSR count). The summed E-state index contributed by atoms with van der Waals surface area (Å²) in [5.74, 6) is 0.933. The number of carbonyl (C=O) groups excluding carboxylic acids is 1. The standard InChI is InChI=1S/C18H22N4O4S/c1-13-11-16(26-19-13)12-20-7-9-21(10-8-20)18(23)14(2)27-17-5-3-15(4-6-17)22(24)25/h3-6,11,14H,7-10,12H2,1-2H3. The summed E-state index contributed by atoms with van der Waals surface area (Å²) in [6.07, 6.45) is 0. The van der Waals surface area contributed by atoms with Gasteiger partial charge < -0.3 is 9.42 Å². The van der Waals surface area contributed by atoms with E-state index < -0.39 is 4.92 Å². The molecular weight excluding hydrogens is 368 g/mol. The quantitative estimate of drug-likeness (QED) is 0.425. The Kier molecular flexibility index (Phi) is 6.12. The average Bonchev–Trinajstić information content (AvgIpc) is 3.07. The lowest BCUT2D eigenvalue weighted by Gasteiger charge is -2.35. The number of rotatable bonds is 6.